The molecule has 0 aromatic rings. The standard InChI is InChI=1S/C9H14O3/c1-3-6-5-8(10)12-9(11)7(6)4-2/h6-7H,3-5H2,1-2H3/t6-,7-/m0/s1. The molecule has 12 heavy (non-hydrogen) atoms. The molecule has 0 saturated carbocycles. The van der Waals surface area contributed by atoms with E-state index in [1.165, 1.54) is 0 Å². The Balaban J connectivity index is 2.69. The van der Waals surface area contributed by atoms with Gasteiger partial charge in [-0.25, -0.2) is 0 Å². The minimum atomic E-state index is -0.364. The van der Waals surface area contributed by atoms with Crippen LogP contribution < -0.4 is 0 Å². The topological polar surface area (TPSA) is 43.4 Å². The lowest BCUT2D eigenvalue weighted by atomic mass is 9.84. The second-order valence-electron chi connectivity index (χ2n) is 3.18. The first-order valence-electron chi connectivity index (χ1n) is 4.43. The first-order chi connectivity index (χ1) is 5.69. The summed E-state index contributed by atoms with van der Waals surface area (Å²) in [7, 11) is 0. The maximum Gasteiger partial charge on any atom is 0.316 e. The fourth-order valence-corrected chi connectivity index (χ4v) is 1.71. The van der Waals surface area contributed by atoms with Crippen molar-refractivity contribution in [1.82, 2.24) is 0 Å². The van der Waals surface area contributed by atoms with Gasteiger partial charge in [0.15, 0.2) is 0 Å². The molecule has 1 heterocycles. The number of esters is 2. The average molecular weight is 170 g/mol. The molecule has 0 unspecified atom stereocenters. The third-order valence-corrected chi connectivity index (χ3v) is 2.48. The Bertz CT molecular complexity index is 198. The Hall–Kier alpha value is -0.860. The first kappa shape index (κ1) is 9.23. The fourth-order valence-electron chi connectivity index (χ4n) is 1.71. The number of rotatable bonds is 2. The average Bonchev–Trinajstić information content (AvgIpc) is 2.03. The van der Waals surface area contributed by atoms with E-state index in [1.807, 2.05) is 13.8 Å². The highest BCUT2D eigenvalue weighted by atomic mass is 16.6. The van der Waals surface area contributed by atoms with E-state index in [1.54, 1.807) is 0 Å². The number of hydrogen-bond acceptors (Lipinski definition) is 3. The normalized spacial score (nSPS) is 30.2. The molecule has 0 N–H and O–H groups in total. The predicted octanol–water partition coefficient (Wildman–Crippen LogP) is 1.51. The van der Waals surface area contributed by atoms with Gasteiger partial charge in [-0.1, -0.05) is 20.3 Å². The molecule has 68 valence electrons. The van der Waals surface area contributed by atoms with Gasteiger partial charge in [0.05, 0.1) is 5.92 Å². The highest BCUT2D eigenvalue weighted by Crippen LogP contribution is 2.28. The number of ether oxygens (including phenoxy) is 1. The summed E-state index contributed by atoms with van der Waals surface area (Å²) in [6, 6.07) is 0. The summed E-state index contributed by atoms with van der Waals surface area (Å²) in [5.41, 5.74) is 0. The third-order valence-electron chi connectivity index (χ3n) is 2.48. The van der Waals surface area contributed by atoms with Gasteiger partial charge in [0, 0.05) is 6.42 Å². The van der Waals surface area contributed by atoms with Gasteiger partial charge in [-0.3, -0.25) is 9.59 Å². The van der Waals surface area contributed by atoms with Crippen molar-refractivity contribution in [3.05, 3.63) is 0 Å². The van der Waals surface area contributed by atoms with Crippen LogP contribution in [0.5, 0.6) is 0 Å². The molecule has 0 aliphatic carbocycles. The Morgan fingerprint density at radius 3 is 2.50 bits per heavy atom. The van der Waals surface area contributed by atoms with Crippen molar-refractivity contribution >= 4 is 11.9 Å². The van der Waals surface area contributed by atoms with Crippen molar-refractivity contribution in [2.24, 2.45) is 11.8 Å². The third kappa shape index (κ3) is 1.65. The Kier molecular flexibility index (Phi) is 2.84. The van der Waals surface area contributed by atoms with E-state index in [4.69, 9.17) is 0 Å². The molecule has 2 atom stereocenters. The largest absolute Gasteiger partial charge is 0.393 e. The SMILES string of the molecule is CC[C@H]1CC(=O)OC(=O)[C@H]1CC. The number of carbonyl (C=O) groups is 2. The van der Waals surface area contributed by atoms with E-state index < -0.39 is 0 Å². The molecule has 1 aliphatic heterocycles. The van der Waals surface area contributed by atoms with Crippen LogP contribution in [0.2, 0.25) is 0 Å². The highest BCUT2D eigenvalue weighted by molar-refractivity contribution is 5.89. The minimum Gasteiger partial charge on any atom is -0.393 e. The Morgan fingerprint density at radius 2 is 2.00 bits per heavy atom. The molecule has 1 rings (SSSR count). The van der Waals surface area contributed by atoms with Crippen LogP contribution in [0.3, 0.4) is 0 Å². The summed E-state index contributed by atoms with van der Waals surface area (Å²) in [6.45, 7) is 3.95. The van der Waals surface area contributed by atoms with Crippen LogP contribution in [0.15, 0.2) is 0 Å². The van der Waals surface area contributed by atoms with Crippen molar-refractivity contribution in [3.63, 3.8) is 0 Å². The minimum absolute atomic E-state index is 0.0623. The Labute approximate surface area is 72.1 Å². The van der Waals surface area contributed by atoms with Crippen LogP contribution >= 0.6 is 0 Å². The predicted molar refractivity (Wildman–Crippen MR) is 43.3 cm³/mol. The maximum absolute atomic E-state index is 11.2. The number of hydrogen-bond donors (Lipinski definition) is 0. The molecular formula is C9H14O3. The summed E-state index contributed by atoms with van der Waals surface area (Å²) in [5, 5.41) is 0. The van der Waals surface area contributed by atoms with Gasteiger partial charge in [0.25, 0.3) is 0 Å². The zero-order chi connectivity index (χ0) is 9.14. The van der Waals surface area contributed by atoms with Gasteiger partial charge < -0.3 is 4.74 Å². The van der Waals surface area contributed by atoms with Crippen LogP contribution in [0.4, 0.5) is 0 Å². The smallest absolute Gasteiger partial charge is 0.316 e. The number of cyclic esters (lactones) is 2. The molecule has 0 amide bonds. The van der Waals surface area contributed by atoms with E-state index in [-0.39, 0.29) is 23.8 Å². The number of carbonyl (C=O) groups excluding carboxylic acids is 2. The highest BCUT2D eigenvalue weighted by Gasteiger charge is 2.35. The lowest BCUT2D eigenvalue weighted by Crippen LogP contribution is -2.34. The molecule has 0 radical (unpaired) electrons. The summed E-state index contributed by atoms with van der Waals surface area (Å²) in [4.78, 5) is 22.0. The molecule has 3 nitrogen and oxygen atoms in total. The van der Waals surface area contributed by atoms with Crippen LogP contribution in [-0.4, -0.2) is 11.9 Å². The molecule has 1 fully saturated rings. The lowest BCUT2D eigenvalue weighted by Gasteiger charge is -2.26. The van der Waals surface area contributed by atoms with E-state index in [0.29, 0.717) is 6.42 Å². The van der Waals surface area contributed by atoms with Crippen LogP contribution in [-0.2, 0) is 14.3 Å². The lowest BCUT2D eigenvalue weighted by molar-refractivity contribution is -0.170. The molecule has 0 aromatic heterocycles. The van der Waals surface area contributed by atoms with Gasteiger partial charge in [0.1, 0.15) is 0 Å². The van der Waals surface area contributed by atoms with Gasteiger partial charge in [-0.05, 0) is 12.3 Å². The first-order valence-corrected chi connectivity index (χ1v) is 4.43. The zero-order valence-corrected chi connectivity index (χ0v) is 7.50. The van der Waals surface area contributed by atoms with Gasteiger partial charge in [-0.2, -0.15) is 0 Å². The second-order valence-corrected chi connectivity index (χ2v) is 3.18. The fraction of sp³-hybridized carbons (Fsp3) is 0.778. The van der Waals surface area contributed by atoms with E-state index in [2.05, 4.69) is 4.74 Å². The zero-order valence-electron chi connectivity index (χ0n) is 7.50. The van der Waals surface area contributed by atoms with Crippen LogP contribution in [0.1, 0.15) is 33.1 Å². The molecule has 1 aliphatic rings. The van der Waals surface area contributed by atoms with Crippen molar-refractivity contribution in [2.75, 3.05) is 0 Å². The van der Waals surface area contributed by atoms with E-state index in [9.17, 15) is 9.59 Å². The molecule has 0 aromatic carbocycles. The van der Waals surface area contributed by atoms with E-state index in [0.717, 1.165) is 12.8 Å². The van der Waals surface area contributed by atoms with E-state index >= 15 is 0 Å². The maximum atomic E-state index is 11.2. The molecule has 0 spiro atoms. The van der Waals surface area contributed by atoms with Crippen molar-refractivity contribution < 1.29 is 14.3 Å². The Morgan fingerprint density at radius 1 is 1.33 bits per heavy atom. The molecular weight excluding hydrogens is 156 g/mol. The van der Waals surface area contributed by atoms with Crippen LogP contribution in [0.25, 0.3) is 0 Å². The van der Waals surface area contributed by atoms with Gasteiger partial charge >= 0.3 is 11.9 Å². The monoisotopic (exact) mass is 170 g/mol. The van der Waals surface area contributed by atoms with Gasteiger partial charge in [0.2, 0.25) is 0 Å². The van der Waals surface area contributed by atoms with Crippen LogP contribution in [0, 0.1) is 11.8 Å². The summed E-state index contributed by atoms with van der Waals surface area (Å²) < 4.78 is 4.54. The summed E-state index contributed by atoms with van der Waals surface area (Å²) >= 11 is 0. The van der Waals surface area contributed by atoms with Crippen molar-refractivity contribution in [3.8, 4) is 0 Å². The molecule has 1 saturated heterocycles. The van der Waals surface area contributed by atoms with Crippen molar-refractivity contribution in [2.45, 2.75) is 33.1 Å². The van der Waals surface area contributed by atoms with Crippen molar-refractivity contribution in [1.29, 1.82) is 0 Å². The van der Waals surface area contributed by atoms with Gasteiger partial charge in [-0.15, -0.1) is 0 Å². The molecule has 3 heteroatoms. The quantitative estimate of drug-likeness (QED) is 0.466. The molecule has 0 bridgehead atoms. The second kappa shape index (κ2) is 3.70. The summed E-state index contributed by atoms with van der Waals surface area (Å²) in [6.07, 6.45) is 2.05. The summed E-state index contributed by atoms with van der Waals surface area (Å²) in [5.74, 6) is -0.561.